The van der Waals surface area contributed by atoms with Crippen LogP contribution in [0, 0.1) is 0 Å². The number of carbonyl (C=O) groups is 1. The van der Waals surface area contributed by atoms with Crippen molar-refractivity contribution in [3.05, 3.63) is 30.3 Å². The molecule has 0 aromatic heterocycles. The van der Waals surface area contributed by atoms with Crippen molar-refractivity contribution >= 4 is 6.09 Å². The number of benzene rings is 1. The summed E-state index contributed by atoms with van der Waals surface area (Å²) >= 11 is 0. The quantitative estimate of drug-likeness (QED) is 0.823. The highest BCUT2D eigenvalue weighted by Gasteiger charge is 2.28. The average molecular weight is 231 g/mol. The van der Waals surface area contributed by atoms with Crippen LogP contribution >= 0.6 is 0 Å². The van der Waals surface area contributed by atoms with Crippen LogP contribution in [-0.2, 0) is 0 Å². The van der Waals surface area contributed by atoms with Crippen LogP contribution < -0.4 is 10.1 Å². The average Bonchev–Trinajstić information content (AvgIpc) is 2.28. The van der Waals surface area contributed by atoms with Gasteiger partial charge in [-0.1, -0.05) is 18.2 Å². The Morgan fingerprint density at radius 3 is 2.56 bits per heavy atom. The molecule has 0 fully saturated rings. The first-order valence-corrected chi connectivity index (χ1v) is 4.53. The molecule has 0 spiro atoms. The van der Waals surface area contributed by atoms with Crippen molar-refractivity contribution in [2.45, 2.75) is 5.92 Å². The van der Waals surface area contributed by atoms with Gasteiger partial charge in [-0.15, -0.1) is 0 Å². The second-order valence-electron chi connectivity index (χ2n) is 3.07. The third-order valence-electron chi connectivity index (χ3n) is 1.68. The molecule has 0 aliphatic carbocycles. The zero-order valence-electron chi connectivity index (χ0n) is 8.32. The van der Waals surface area contributed by atoms with Crippen molar-refractivity contribution in [3.8, 4) is 5.75 Å². The number of alkyl halides is 2. The number of rotatable bonds is 4. The third-order valence-corrected chi connectivity index (χ3v) is 1.68. The van der Waals surface area contributed by atoms with E-state index in [0.29, 0.717) is 0 Å². The summed E-state index contributed by atoms with van der Waals surface area (Å²) in [6.45, 7) is -2.28. The van der Waals surface area contributed by atoms with Crippen molar-refractivity contribution < 1.29 is 23.4 Å². The van der Waals surface area contributed by atoms with Crippen molar-refractivity contribution in [3.63, 3.8) is 0 Å². The summed E-state index contributed by atoms with van der Waals surface area (Å²) in [5, 5.41) is 10.1. The van der Waals surface area contributed by atoms with E-state index in [2.05, 4.69) is 4.74 Å². The molecule has 0 aliphatic heterocycles. The van der Waals surface area contributed by atoms with Gasteiger partial charge in [0, 0.05) is 0 Å². The summed E-state index contributed by atoms with van der Waals surface area (Å²) in [5.41, 5.74) is 0. The summed E-state index contributed by atoms with van der Waals surface area (Å²) in [7, 11) is 0. The number of ether oxygens (including phenoxy) is 1. The minimum atomic E-state index is -3.34. The predicted molar refractivity (Wildman–Crippen MR) is 52.5 cm³/mol. The van der Waals surface area contributed by atoms with Crippen LogP contribution in [0.1, 0.15) is 0 Å². The number of aliphatic hydroxyl groups is 1. The molecule has 0 heterocycles. The Balaban J connectivity index is 2.38. The SMILES string of the molecule is O=C(NCC(F)(F)CO)Oc1ccccc1. The molecule has 1 amide bonds. The Hall–Kier alpha value is -1.69. The molecule has 0 atom stereocenters. The first kappa shape index (κ1) is 12.4. The standard InChI is InChI=1S/C10H11F2NO3/c11-10(12,7-14)6-13-9(15)16-8-4-2-1-3-5-8/h1-5,14H,6-7H2,(H,13,15). The summed E-state index contributed by atoms with van der Waals surface area (Å²) in [6, 6.07) is 8.05. The number of aliphatic hydroxyl groups excluding tert-OH is 1. The third kappa shape index (κ3) is 4.22. The van der Waals surface area contributed by atoms with E-state index >= 15 is 0 Å². The van der Waals surface area contributed by atoms with Gasteiger partial charge in [0.05, 0.1) is 6.54 Å². The van der Waals surface area contributed by atoms with Gasteiger partial charge in [-0.3, -0.25) is 0 Å². The second kappa shape index (κ2) is 5.41. The fourth-order valence-electron chi connectivity index (χ4n) is 0.889. The van der Waals surface area contributed by atoms with Gasteiger partial charge < -0.3 is 15.2 Å². The molecule has 1 aromatic carbocycles. The smallest absolute Gasteiger partial charge is 0.410 e. The van der Waals surface area contributed by atoms with Gasteiger partial charge in [-0.25, -0.2) is 13.6 Å². The lowest BCUT2D eigenvalue weighted by molar-refractivity contribution is -0.0462. The number of hydrogen-bond acceptors (Lipinski definition) is 3. The van der Waals surface area contributed by atoms with Crippen LogP contribution in [-0.4, -0.2) is 30.3 Å². The molecule has 1 rings (SSSR count). The number of hydrogen-bond donors (Lipinski definition) is 2. The lowest BCUT2D eigenvalue weighted by atomic mass is 10.3. The predicted octanol–water partition coefficient (Wildman–Crippen LogP) is 1.40. The first-order valence-electron chi connectivity index (χ1n) is 4.53. The van der Waals surface area contributed by atoms with Gasteiger partial charge in [0.15, 0.2) is 0 Å². The molecule has 88 valence electrons. The molecule has 1 aromatic rings. The molecule has 16 heavy (non-hydrogen) atoms. The Morgan fingerprint density at radius 1 is 1.38 bits per heavy atom. The van der Waals surface area contributed by atoms with Crippen LogP contribution in [0.3, 0.4) is 0 Å². The largest absolute Gasteiger partial charge is 0.412 e. The van der Waals surface area contributed by atoms with Crippen molar-refractivity contribution in [2.24, 2.45) is 0 Å². The summed E-state index contributed by atoms with van der Waals surface area (Å²) < 4.78 is 29.8. The molecule has 0 bridgehead atoms. The highest BCUT2D eigenvalue weighted by atomic mass is 19.3. The molecular formula is C10H11F2NO3. The minimum Gasteiger partial charge on any atom is -0.410 e. The number of nitrogens with one attached hydrogen (secondary N) is 1. The van der Waals surface area contributed by atoms with E-state index in [9.17, 15) is 13.6 Å². The zero-order chi connectivity index (χ0) is 12.0. The molecule has 0 unspecified atom stereocenters. The van der Waals surface area contributed by atoms with Gasteiger partial charge in [0.2, 0.25) is 0 Å². The molecule has 0 aliphatic rings. The highest BCUT2D eigenvalue weighted by Crippen LogP contribution is 2.11. The van der Waals surface area contributed by atoms with Crippen molar-refractivity contribution in [1.29, 1.82) is 0 Å². The van der Waals surface area contributed by atoms with E-state index in [1.165, 1.54) is 12.1 Å². The fourth-order valence-corrected chi connectivity index (χ4v) is 0.889. The summed E-state index contributed by atoms with van der Waals surface area (Å²) in [4.78, 5) is 11.0. The van der Waals surface area contributed by atoms with Crippen LogP contribution in [0.15, 0.2) is 30.3 Å². The summed E-state index contributed by atoms with van der Waals surface area (Å²) in [6.07, 6.45) is -0.987. The molecule has 0 saturated heterocycles. The lowest BCUT2D eigenvalue weighted by Gasteiger charge is -2.13. The first-order chi connectivity index (χ1) is 7.53. The molecule has 6 heteroatoms. The Kier molecular flexibility index (Phi) is 4.19. The number of para-hydroxylation sites is 1. The monoisotopic (exact) mass is 231 g/mol. The second-order valence-corrected chi connectivity index (χ2v) is 3.07. The number of carbonyl (C=O) groups excluding carboxylic acids is 1. The topological polar surface area (TPSA) is 58.6 Å². The van der Waals surface area contributed by atoms with E-state index in [1.54, 1.807) is 18.2 Å². The normalized spacial score (nSPS) is 10.9. The number of amides is 1. The van der Waals surface area contributed by atoms with E-state index in [0.717, 1.165) is 0 Å². The van der Waals surface area contributed by atoms with Gasteiger partial charge in [0.1, 0.15) is 12.4 Å². The molecule has 4 nitrogen and oxygen atoms in total. The van der Waals surface area contributed by atoms with Crippen LogP contribution in [0.5, 0.6) is 5.75 Å². The highest BCUT2D eigenvalue weighted by molar-refractivity contribution is 5.70. The Morgan fingerprint density at radius 2 is 2.00 bits per heavy atom. The minimum absolute atomic E-state index is 0.257. The van der Waals surface area contributed by atoms with E-state index in [1.807, 2.05) is 5.32 Å². The van der Waals surface area contributed by atoms with E-state index < -0.39 is 25.2 Å². The summed E-state index contributed by atoms with van der Waals surface area (Å²) in [5.74, 6) is -3.08. The van der Waals surface area contributed by atoms with Gasteiger partial charge in [-0.2, -0.15) is 0 Å². The molecule has 0 radical (unpaired) electrons. The Bertz CT molecular complexity index is 343. The fraction of sp³-hybridized carbons (Fsp3) is 0.300. The van der Waals surface area contributed by atoms with Crippen molar-refractivity contribution in [2.75, 3.05) is 13.2 Å². The molecular weight excluding hydrogens is 220 g/mol. The van der Waals surface area contributed by atoms with Crippen LogP contribution in [0.4, 0.5) is 13.6 Å². The van der Waals surface area contributed by atoms with Crippen LogP contribution in [0.2, 0.25) is 0 Å². The van der Waals surface area contributed by atoms with E-state index in [4.69, 9.17) is 5.11 Å². The molecule has 2 N–H and O–H groups in total. The molecule has 0 saturated carbocycles. The zero-order valence-corrected chi connectivity index (χ0v) is 8.32. The van der Waals surface area contributed by atoms with Gasteiger partial charge in [-0.05, 0) is 12.1 Å². The Labute approximate surface area is 90.8 Å². The maximum Gasteiger partial charge on any atom is 0.412 e. The maximum atomic E-state index is 12.5. The van der Waals surface area contributed by atoms with Gasteiger partial charge >= 0.3 is 6.09 Å². The maximum absolute atomic E-state index is 12.5. The van der Waals surface area contributed by atoms with Gasteiger partial charge in [0.25, 0.3) is 5.92 Å². The lowest BCUT2D eigenvalue weighted by Crippen LogP contribution is -2.40. The number of halogens is 2. The van der Waals surface area contributed by atoms with E-state index in [-0.39, 0.29) is 5.75 Å². The van der Waals surface area contributed by atoms with Crippen LogP contribution in [0.25, 0.3) is 0 Å². The van der Waals surface area contributed by atoms with Crippen molar-refractivity contribution in [1.82, 2.24) is 5.32 Å².